The van der Waals surface area contributed by atoms with E-state index in [1.165, 1.54) is 29.7 Å². The van der Waals surface area contributed by atoms with Gasteiger partial charge in [-0.2, -0.15) is 0 Å². The Hall–Kier alpha value is -2.17. The first-order valence-electron chi connectivity index (χ1n) is 12.8. The van der Waals surface area contributed by atoms with Crippen LogP contribution >= 0.6 is 0 Å². The number of carbonyl (C=O) groups is 3. The second kappa shape index (κ2) is 7.68. The Morgan fingerprint density at radius 2 is 1.48 bits per heavy atom. The zero-order chi connectivity index (χ0) is 23.7. The molecule has 1 heterocycles. The second-order valence-corrected chi connectivity index (χ2v) is 12.6. The monoisotopic (exact) mass is 450 g/mol. The molecule has 0 spiro atoms. The van der Waals surface area contributed by atoms with Crippen LogP contribution in [-0.4, -0.2) is 34.2 Å². The quantitative estimate of drug-likeness (QED) is 0.586. The van der Waals surface area contributed by atoms with E-state index in [4.69, 9.17) is 0 Å². The first-order valence-corrected chi connectivity index (χ1v) is 12.8. The number of anilines is 1. The van der Waals surface area contributed by atoms with Crippen molar-refractivity contribution >= 4 is 23.4 Å². The molecule has 4 saturated carbocycles. The van der Waals surface area contributed by atoms with E-state index in [9.17, 15) is 14.4 Å². The van der Waals surface area contributed by atoms with Gasteiger partial charge in [0.2, 0.25) is 11.8 Å². The average Bonchev–Trinajstić information content (AvgIpc) is 2.99. The van der Waals surface area contributed by atoms with E-state index < -0.39 is 11.6 Å². The van der Waals surface area contributed by atoms with Crippen LogP contribution in [0.2, 0.25) is 0 Å². The van der Waals surface area contributed by atoms with Gasteiger partial charge in [0.15, 0.2) is 0 Å². The average molecular weight is 451 g/mol. The topological polar surface area (TPSA) is 57.7 Å². The fourth-order valence-electron chi connectivity index (χ4n) is 7.64. The van der Waals surface area contributed by atoms with Crippen LogP contribution in [0.1, 0.15) is 91.0 Å². The minimum atomic E-state index is -0.720. The molecular formula is C28H38N2O3. The molecule has 6 rings (SSSR count). The van der Waals surface area contributed by atoms with Crippen LogP contribution in [0.25, 0.3) is 0 Å². The lowest BCUT2D eigenvalue weighted by Crippen LogP contribution is -2.62. The zero-order valence-electron chi connectivity index (χ0n) is 20.8. The first kappa shape index (κ1) is 22.6. The first-order chi connectivity index (χ1) is 15.5. The van der Waals surface area contributed by atoms with Crippen molar-refractivity contribution in [2.75, 3.05) is 4.90 Å². The minimum absolute atomic E-state index is 0.0696. The normalized spacial score (nSPS) is 33.3. The summed E-state index contributed by atoms with van der Waals surface area (Å²) in [6.07, 6.45) is 6.74. The van der Waals surface area contributed by atoms with Crippen molar-refractivity contribution in [1.82, 2.24) is 4.90 Å². The molecule has 33 heavy (non-hydrogen) atoms. The van der Waals surface area contributed by atoms with Crippen molar-refractivity contribution < 1.29 is 14.4 Å². The van der Waals surface area contributed by atoms with Gasteiger partial charge >= 0.3 is 0 Å². The molecule has 5 nitrogen and oxygen atoms in total. The number of nitrogens with zero attached hydrogens (tertiary/aromatic N) is 2. The number of benzene rings is 1. The number of amides is 3. The van der Waals surface area contributed by atoms with Crippen molar-refractivity contribution in [1.29, 1.82) is 0 Å². The number of rotatable bonds is 4. The third-order valence-electron chi connectivity index (χ3n) is 8.69. The van der Waals surface area contributed by atoms with Gasteiger partial charge in [-0.25, -0.2) is 4.90 Å². The van der Waals surface area contributed by atoms with Crippen LogP contribution < -0.4 is 4.90 Å². The Morgan fingerprint density at radius 3 is 1.94 bits per heavy atom. The summed E-state index contributed by atoms with van der Waals surface area (Å²) in [6, 6.07) is 6.96. The van der Waals surface area contributed by atoms with Gasteiger partial charge in [0.1, 0.15) is 6.04 Å². The number of carbonyl (C=O) groups excluding carboxylic acids is 3. The Balaban J connectivity index is 1.45. The minimum Gasteiger partial charge on any atom is -0.325 e. The zero-order valence-corrected chi connectivity index (χ0v) is 20.8. The number of hydrogen-bond acceptors (Lipinski definition) is 3. The van der Waals surface area contributed by atoms with Gasteiger partial charge < -0.3 is 4.90 Å². The summed E-state index contributed by atoms with van der Waals surface area (Å²) in [6.45, 7) is 10.2. The van der Waals surface area contributed by atoms with E-state index in [0.717, 1.165) is 19.3 Å². The molecule has 4 aliphatic carbocycles. The molecule has 1 saturated heterocycles. The van der Waals surface area contributed by atoms with Crippen LogP contribution in [-0.2, 0) is 14.4 Å². The highest BCUT2D eigenvalue weighted by atomic mass is 16.2. The summed E-state index contributed by atoms with van der Waals surface area (Å²) < 4.78 is 0. The molecule has 1 aromatic carbocycles. The maximum absolute atomic E-state index is 14.3. The van der Waals surface area contributed by atoms with Gasteiger partial charge in [-0.05, 0) is 101 Å². The Bertz CT molecular complexity index is 937. The molecule has 178 valence electrons. The molecule has 3 amide bonds. The van der Waals surface area contributed by atoms with E-state index in [0.29, 0.717) is 29.4 Å². The van der Waals surface area contributed by atoms with Crippen LogP contribution in [0, 0.1) is 23.2 Å². The van der Waals surface area contributed by atoms with Crippen molar-refractivity contribution in [2.24, 2.45) is 23.2 Å². The molecule has 1 aromatic rings. The molecule has 0 N–H and O–H groups in total. The molecule has 0 radical (unpaired) electrons. The van der Waals surface area contributed by atoms with Crippen molar-refractivity contribution in [2.45, 2.75) is 97.1 Å². The highest BCUT2D eigenvalue weighted by Gasteiger charge is 2.58. The summed E-state index contributed by atoms with van der Waals surface area (Å²) in [5.41, 5.74) is 0.909. The van der Waals surface area contributed by atoms with E-state index in [1.807, 2.05) is 49.9 Å². The Kier molecular flexibility index (Phi) is 5.26. The van der Waals surface area contributed by atoms with Crippen molar-refractivity contribution in [3.63, 3.8) is 0 Å². The largest absolute Gasteiger partial charge is 0.325 e. The van der Waals surface area contributed by atoms with Gasteiger partial charge in [-0.15, -0.1) is 0 Å². The molecular weight excluding hydrogens is 412 g/mol. The standard InChI is InChI=1S/C28H38N2O3/c1-17(2)21-6-8-22(9-7-21)29-24(31)13-23(25(29)32)30(27(3,4)5)26(33)28-14-18-10-19(15-28)12-20(11-18)16-28/h6-9,17-20,23H,10-16H2,1-5H3. The van der Waals surface area contributed by atoms with Gasteiger partial charge in [-0.1, -0.05) is 26.0 Å². The third kappa shape index (κ3) is 3.72. The molecule has 1 unspecified atom stereocenters. The molecule has 5 fully saturated rings. The maximum Gasteiger partial charge on any atom is 0.257 e. The van der Waals surface area contributed by atoms with E-state index in [2.05, 4.69) is 13.8 Å². The lowest BCUT2D eigenvalue weighted by molar-refractivity contribution is -0.167. The van der Waals surface area contributed by atoms with Gasteiger partial charge in [-0.3, -0.25) is 14.4 Å². The number of imide groups is 1. The Labute approximate surface area is 197 Å². The van der Waals surface area contributed by atoms with Crippen LogP contribution in [0.4, 0.5) is 5.69 Å². The predicted octanol–water partition coefficient (Wildman–Crippen LogP) is 5.29. The fraction of sp³-hybridized carbons (Fsp3) is 0.679. The molecule has 1 aliphatic heterocycles. The number of hydrogen-bond donors (Lipinski definition) is 0. The molecule has 1 atom stereocenters. The second-order valence-electron chi connectivity index (χ2n) is 12.6. The molecule has 0 aromatic heterocycles. The van der Waals surface area contributed by atoms with Gasteiger partial charge in [0.05, 0.1) is 17.5 Å². The molecule has 5 aliphatic rings. The maximum atomic E-state index is 14.3. The molecule has 5 heteroatoms. The lowest BCUT2D eigenvalue weighted by Gasteiger charge is -2.58. The smallest absolute Gasteiger partial charge is 0.257 e. The third-order valence-corrected chi connectivity index (χ3v) is 8.69. The predicted molar refractivity (Wildman–Crippen MR) is 129 cm³/mol. The van der Waals surface area contributed by atoms with Crippen LogP contribution in [0.5, 0.6) is 0 Å². The summed E-state index contributed by atoms with van der Waals surface area (Å²) in [7, 11) is 0. The summed E-state index contributed by atoms with van der Waals surface area (Å²) >= 11 is 0. The van der Waals surface area contributed by atoms with Gasteiger partial charge in [0.25, 0.3) is 5.91 Å². The highest BCUT2D eigenvalue weighted by molar-refractivity contribution is 6.23. The van der Waals surface area contributed by atoms with Crippen molar-refractivity contribution in [3.8, 4) is 0 Å². The molecule has 4 bridgehead atoms. The van der Waals surface area contributed by atoms with E-state index in [1.54, 1.807) is 0 Å². The summed E-state index contributed by atoms with van der Waals surface area (Å²) in [5.74, 6) is 1.99. The van der Waals surface area contributed by atoms with E-state index >= 15 is 0 Å². The Morgan fingerprint density at radius 1 is 0.970 bits per heavy atom. The SMILES string of the molecule is CC(C)c1ccc(N2C(=O)CC(N(C(=O)C34CC5CC(CC(C5)C3)C4)C(C)(C)C)C2=O)cc1. The van der Waals surface area contributed by atoms with E-state index in [-0.39, 0.29) is 29.6 Å². The van der Waals surface area contributed by atoms with Crippen molar-refractivity contribution in [3.05, 3.63) is 29.8 Å². The lowest BCUT2D eigenvalue weighted by atomic mass is 9.49. The highest BCUT2D eigenvalue weighted by Crippen LogP contribution is 2.61. The summed E-state index contributed by atoms with van der Waals surface area (Å²) in [5, 5.41) is 0. The fourth-order valence-corrected chi connectivity index (χ4v) is 7.64. The van der Waals surface area contributed by atoms with Gasteiger partial charge in [0, 0.05) is 5.54 Å². The summed E-state index contributed by atoms with van der Waals surface area (Å²) in [4.78, 5) is 44.2. The van der Waals surface area contributed by atoms with Crippen LogP contribution in [0.15, 0.2) is 24.3 Å². The van der Waals surface area contributed by atoms with Crippen LogP contribution in [0.3, 0.4) is 0 Å².